The van der Waals surface area contributed by atoms with Gasteiger partial charge in [0.1, 0.15) is 0 Å². The molecule has 0 aliphatic heterocycles. The molecule has 0 amide bonds. The van der Waals surface area contributed by atoms with Gasteiger partial charge in [0, 0.05) is 18.8 Å². The summed E-state index contributed by atoms with van der Waals surface area (Å²) in [6, 6.07) is 8.29. The van der Waals surface area contributed by atoms with E-state index in [0.717, 1.165) is 37.5 Å². The summed E-state index contributed by atoms with van der Waals surface area (Å²) < 4.78 is 5.52. The number of anilines is 1. The number of aryl methyl sites for hydroxylation is 1. The molecular weight excluding hydrogens is 262 g/mol. The molecular formula is C18H31NO2. The molecule has 1 atom stereocenters. The average Bonchev–Trinajstić information content (AvgIpc) is 2.46. The third kappa shape index (κ3) is 8.08. The van der Waals surface area contributed by atoms with Crippen LogP contribution in [-0.4, -0.2) is 31.0 Å². The standard InChI is InChI=1S/C18H31NO2/c1-4-8-16-10-5-6-11-18(16)19-13-17(20)14-21-12-7-9-15(2)3/h5-6,10-11,15,17,19-20H,4,7-9,12-14H2,1-3H3. The quantitative estimate of drug-likeness (QED) is 0.609. The van der Waals surface area contributed by atoms with Crippen LogP contribution in [0.5, 0.6) is 0 Å². The first kappa shape index (κ1) is 18.0. The van der Waals surface area contributed by atoms with Crippen LogP contribution in [0.3, 0.4) is 0 Å². The van der Waals surface area contributed by atoms with Crippen LogP contribution in [0.2, 0.25) is 0 Å². The van der Waals surface area contributed by atoms with E-state index in [1.165, 1.54) is 12.0 Å². The summed E-state index contributed by atoms with van der Waals surface area (Å²) in [6.07, 6.45) is 3.97. The summed E-state index contributed by atoms with van der Waals surface area (Å²) >= 11 is 0. The molecule has 1 aromatic rings. The number of rotatable bonds is 11. The highest BCUT2D eigenvalue weighted by molar-refractivity contribution is 5.51. The van der Waals surface area contributed by atoms with Gasteiger partial charge in [0.2, 0.25) is 0 Å². The van der Waals surface area contributed by atoms with Gasteiger partial charge in [-0.2, -0.15) is 0 Å². The maximum atomic E-state index is 9.95. The Hall–Kier alpha value is -1.06. The highest BCUT2D eigenvalue weighted by Crippen LogP contribution is 2.16. The second-order valence-electron chi connectivity index (χ2n) is 6.05. The highest BCUT2D eigenvalue weighted by atomic mass is 16.5. The Bertz CT molecular complexity index is 379. The molecule has 0 heterocycles. The third-order valence-electron chi connectivity index (χ3n) is 3.45. The Labute approximate surface area is 129 Å². The van der Waals surface area contributed by atoms with Gasteiger partial charge in [-0.05, 0) is 36.8 Å². The summed E-state index contributed by atoms with van der Waals surface area (Å²) in [5.74, 6) is 0.718. The summed E-state index contributed by atoms with van der Waals surface area (Å²) in [5.41, 5.74) is 2.43. The maximum Gasteiger partial charge on any atom is 0.0945 e. The molecule has 0 aliphatic rings. The van der Waals surface area contributed by atoms with Gasteiger partial charge in [-0.3, -0.25) is 0 Å². The lowest BCUT2D eigenvalue weighted by Crippen LogP contribution is -2.25. The van der Waals surface area contributed by atoms with E-state index in [2.05, 4.69) is 44.3 Å². The van der Waals surface area contributed by atoms with Gasteiger partial charge in [0.05, 0.1) is 12.7 Å². The summed E-state index contributed by atoms with van der Waals surface area (Å²) in [6.45, 7) is 8.28. The number of benzene rings is 1. The van der Waals surface area contributed by atoms with E-state index in [1.807, 2.05) is 6.07 Å². The molecule has 0 saturated carbocycles. The van der Waals surface area contributed by atoms with Gasteiger partial charge in [-0.15, -0.1) is 0 Å². The van der Waals surface area contributed by atoms with Gasteiger partial charge in [-0.1, -0.05) is 45.4 Å². The first-order valence-corrected chi connectivity index (χ1v) is 8.21. The molecule has 0 radical (unpaired) electrons. The van der Waals surface area contributed by atoms with Gasteiger partial charge < -0.3 is 15.2 Å². The smallest absolute Gasteiger partial charge is 0.0945 e. The molecule has 1 aromatic carbocycles. The Balaban J connectivity index is 2.22. The number of hydrogen-bond donors (Lipinski definition) is 2. The Morgan fingerprint density at radius 2 is 2.00 bits per heavy atom. The molecule has 0 aliphatic carbocycles. The minimum absolute atomic E-state index is 0.404. The maximum absolute atomic E-state index is 9.95. The lowest BCUT2D eigenvalue weighted by Gasteiger charge is -2.15. The number of hydrogen-bond acceptors (Lipinski definition) is 3. The molecule has 0 bridgehead atoms. The number of aliphatic hydroxyl groups is 1. The van der Waals surface area contributed by atoms with Crippen LogP contribution >= 0.6 is 0 Å². The zero-order valence-corrected chi connectivity index (χ0v) is 13.8. The molecule has 3 heteroatoms. The van der Waals surface area contributed by atoms with Crippen molar-refractivity contribution in [1.82, 2.24) is 0 Å². The number of aliphatic hydroxyl groups excluding tert-OH is 1. The van der Waals surface area contributed by atoms with Crippen LogP contribution < -0.4 is 5.32 Å². The first-order valence-electron chi connectivity index (χ1n) is 8.21. The third-order valence-corrected chi connectivity index (χ3v) is 3.45. The van der Waals surface area contributed by atoms with Crippen LogP contribution in [0.1, 0.15) is 45.6 Å². The lowest BCUT2D eigenvalue weighted by molar-refractivity contribution is 0.0409. The summed E-state index contributed by atoms with van der Waals surface area (Å²) in [5, 5.41) is 13.3. The fraction of sp³-hybridized carbons (Fsp3) is 0.667. The SMILES string of the molecule is CCCc1ccccc1NCC(O)COCCCC(C)C. The van der Waals surface area contributed by atoms with E-state index in [4.69, 9.17) is 4.74 Å². The number of ether oxygens (including phenoxy) is 1. The second-order valence-corrected chi connectivity index (χ2v) is 6.05. The number of nitrogens with one attached hydrogen (secondary N) is 1. The molecule has 3 nitrogen and oxygen atoms in total. The molecule has 21 heavy (non-hydrogen) atoms. The van der Waals surface area contributed by atoms with E-state index in [9.17, 15) is 5.11 Å². The molecule has 0 aromatic heterocycles. The van der Waals surface area contributed by atoms with Crippen molar-refractivity contribution in [2.45, 2.75) is 52.6 Å². The van der Waals surface area contributed by atoms with Crippen molar-refractivity contribution in [3.63, 3.8) is 0 Å². The van der Waals surface area contributed by atoms with Crippen LogP contribution in [0.25, 0.3) is 0 Å². The summed E-state index contributed by atoms with van der Waals surface area (Å²) in [4.78, 5) is 0. The largest absolute Gasteiger partial charge is 0.389 e. The Morgan fingerprint density at radius 1 is 1.24 bits per heavy atom. The van der Waals surface area contributed by atoms with Crippen molar-refractivity contribution < 1.29 is 9.84 Å². The van der Waals surface area contributed by atoms with Crippen molar-refractivity contribution in [2.75, 3.05) is 25.1 Å². The fourth-order valence-corrected chi connectivity index (χ4v) is 2.28. The van der Waals surface area contributed by atoms with Crippen molar-refractivity contribution in [2.24, 2.45) is 5.92 Å². The summed E-state index contributed by atoms with van der Waals surface area (Å²) in [7, 11) is 0. The van der Waals surface area contributed by atoms with E-state index in [-0.39, 0.29) is 0 Å². The normalized spacial score (nSPS) is 12.6. The fourth-order valence-electron chi connectivity index (χ4n) is 2.28. The van der Waals surface area contributed by atoms with Crippen molar-refractivity contribution in [1.29, 1.82) is 0 Å². The number of para-hydroxylation sites is 1. The van der Waals surface area contributed by atoms with Gasteiger partial charge >= 0.3 is 0 Å². The van der Waals surface area contributed by atoms with Crippen LogP contribution in [0, 0.1) is 5.92 Å². The molecule has 0 fully saturated rings. The van der Waals surface area contributed by atoms with Gasteiger partial charge in [0.25, 0.3) is 0 Å². The first-order chi connectivity index (χ1) is 10.1. The minimum atomic E-state index is -0.460. The average molecular weight is 293 g/mol. The highest BCUT2D eigenvalue weighted by Gasteiger charge is 2.06. The molecule has 1 unspecified atom stereocenters. The van der Waals surface area contributed by atoms with Crippen molar-refractivity contribution >= 4 is 5.69 Å². The topological polar surface area (TPSA) is 41.5 Å². The van der Waals surface area contributed by atoms with Crippen LogP contribution in [0.4, 0.5) is 5.69 Å². The van der Waals surface area contributed by atoms with Gasteiger partial charge in [-0.25, -0.2) is 0 Å². The molecule has 0 saturated heterocycles. The van der Waals surface area contributed by atoms with E-state index in [0.29, 0.717) is 13.2 Å². The Morgan fingerprint density at radius 3 is 2.71 bits per heavy atom. The zero-order valence-electron chi connectivity index (χ0n) is 13.8. The lowest BCUT2D eigenvalue weighted by atomic mass is 10.1. The second kappa shape index (κ2) is 10.6. The molecule has 1 rings (SSSR count). The Kier molecular flexibility index (Phi) is 9.11. The van der Waals surface area contributed by atoms with E-state index < -0.39 is 6.10 Å². The van der Waals surface area contributed by atoms with Crippen molar-refractivity contribution in [3.05, 3.63) is 29.8 Å². The predicted molar refractivity (Wildman–Crippen MR) is 89.8 cm³/mol. The van der Waals surface area contributed by atoms with Crippen LogP contribution in [-0.2, 0) is 11.2 Å². The van der Waals surface area contributed by atoms with Crippen LogP contribution in [0.15, 0.2) is 24.3 Å². The minimum Gasteiger partial charge on any atom is -0.389 e. The van der Waals surface area contributed by atoms with E-state index >= 15 is 0 Å². The van der Waals surface area contributed by atoms with Gasteiger partial charge in [0.15, 0.2) is 0 Å². The van der Waals surface area contributed by atoms with E-state index in [1.54, 1.807) is 0 Å². The molecule has 120 valence electrons. The van der Waals surface area contributed by atoms with Crippen molar-refractivity contribution in [3.8, 4) is 0 Å². The molecule has 2 N–H and O–H groups in total. The zero-order chi connectivity index (χ0) is 15.5. The predicted octanol–water partition coefficient (Wildman–Crippen LogP) is 3.86. The molecule has 0 spiro atoms. The monoisotopic (exact) mass is 293 g/mol.